The smallest absolute Gasteiger partial charge is 0.217 e. The third-order valence-corrected chi connectivity index (χ3v) is 4.94. The summed E-state index contributed by atoms with van der Waals surface area (Å²) < 4.78 is 31.3. The van der Waals surface area contributed by atoms with E-state index in [1.807, 2.05) is 6.92 Å². The molecular weight excluding hydrogens is 276 g/mol. The molecule has 1 aromatic carbocycles. The van der Waals surface area contributed by atoms with Gasteiger partial charge >= 0.3 is 0 Å². The summed E-state index contributed by atoms with van der Waals surface area (Å²) >= 11 is 0. The molecule has 0 bridgehead atoms. The van der Waals surface area contributed by atoms with Crippen molar-refractivity contribution < 1.29 is 13.2 Å². The van der Waals surface area contributed by atoms with Crippen molar-refractivity contribution in [2.75, 3.05) is 31.2 Å². The molecular formula is C14H20N2O3S. The number of benzene rings is 1. The number of hydrogen-bond acceptors (Lipinski definition) is 4. The van der Waals surface area contributed by atoms with Crippen LogP contribution in [0, 0.1) is 0 Å². The molecule has 5 nitrogen and oxygen atoms in total. The summed E-state index contributed by atoms with van der Waals surface area (Å²) in [7, 11) is -3.26. The Morgan fingerprint density at radius 1 is 1.40 bits per heavy atom. The van der Waals surface area contributed by atoms with Crippen LogP contribution in [0.1, 0.15) is 13.3 Å². The minimum absolute atomic E-state index is 0.0188. The molecule has 1 aliphatic rings. The molecule has 6 heteroatoms. The molecule has 0 saturated carbocycles. The van der Waals surface area contributed by atoms with Gasteiger partial charge in [0.05, 0.1) is 5.75 Å². The molecule has 0 unspecified atom stereocenters. The van der Waals surface area contributed by atoms with E-state index in [0.29, 0.717) is 24.5 Å². The second kappa shape index (κ2) is 6.28. The Morgan fingerprint density at radius 2 is 2.20 bits per heavy atom. The van der Waals surface area contributed by atoms with E-state index in [-0.39, 0.29) is 12.4 Å². The number of rotatable bonds is 5. The van der Waals surface area contributed by atoms with E-state index in [0.717, 1.165) is 12.0 Å². The molecule has 0 amide bonds. The number of nitrogens with two attached hydrogens (primary N) is 1. The lowest BCUT2D eigenvalue weighted by molar-refractivity contribution is 0.335. The van der Waals surface area contributed by atoms with Crippen LogP contribution in [0.3, 0.4) is 0 Å². The van der Waals surface area contributed by atoms with Gasteiger partial charge in [-0.15, -0.1) is 0 Å². The lowest BCUT2D eigenvalue weighted by atomic mass is 10.2. The van der Waals surface area contributed by atoms with Crippen molar-refractivity contribution >= 4 is 15.7 Å². The number of nitrogen functional groups attached to an aromatic ring is 1. The summed E-state index contributed by atoms with van der Waals surface area (Å²) in [6, 6.07) is 6.97. The number of hydrogen-bond donors (Lipinski definition) is 1. The quantitative estimate of drug-likeness (QED) is 0.662. The Labute approximate surface area is 120 Å². The molecule has 1 aromatic rings. The minimum Gasteiger partial charge on any atom is -0.492 e. The van der Waals surface area contributed by atoms with Crippen LogP contribution in [0.4, 0.5) is 5.69 Å². The second-order valence-electron chi connectivity index (χ2n) is 4.91. The van der Waals surface area contributed by atoms with Gasteiger partial charge in [-0.25, -0.2) is 8.42 Å². The topological polar surface area (TPSA) is 72.6 Å². The highest BCUT2D eigenvalue weighted by atomic mass is 32.2. The van der Waals surface area contributed by atoms with Gasteiger partial charge in [0.25, 0.3) is 0 Å². The first kappa shape index (κ1) is 14.9. The summed E-state index contributed by atoms with van der Waals surface area (Å²) in [6.45, 7) is 3.12. The van der Waals surface area contributed by atoms with Gasteiger partial charge in [0, 0.05) is 24.8 Å². The second-order valence-corrected chi connectivity index (χ2v) is 7.00. The maximum Gasteiger partial charge on any atom is 0.217 e. The van der Waals surface area contributed by atoms with Gasteiger partial charge in [0.1, 0.15) is 12.4 Å². The molecule has 0 radical (unpaired) electrons. The third kappa shape index (κ3) is 3.98. The van der Waals surface area contributed by atoms with Crippen LogP contribution in [0.25, 0.3) is 0 Å². The summed E-state index contributed by atoms with van der Waals surface area (Å²) in [5, 5.41) is 0. The Kier molecular flexibility index (Phi) is 4.67. The Morgan fingerprint density at radius 3 is 2.90 bits per heavy atom. The average molecular weight is 296 g/mol. The summed E-state index contributed by atoms with van der Waals surface area (Å²) in [6.07, 6.45) is 2.86. The van der Waals surface area contributed by atoms with E-state index < -0.39 is 10.0 Å². The molecule has 0 atom stereocenters. The first-order chi connectivity index (χ1) is 9.47. The predicted molar refractivity (Wildman–Crippen MR) is 80.1 cm³/mol. The molecule has 0 aromatic heterocycles. The minimum atomic E-state index is -3.26. The molecule has 0 aliphatic carbocycles. The van der Waals surface area contributed by atoms with Crippen LogP contribution in [-0.4, -0.2) is 38.2 Å². The van der Waals surface area contributed by atoms with Crippen LogP contribution in [0.15, 0.2) is 35.9 Å². The molecule has 2 rings (SSSR count). The summed E-state index contributed by atoms with van der Waals surface area (Å²) in [5.41, 5.74) is 7.33. The zero-order chi connectivity index (χ0) is 14.6. The van der Waals surface area contributed by atoms with E-state index in [1.54, 1.807) is 24.3 Å². The van der Waals surface area contributed by atoms with Gasteiger partial charge in [-0.2, -0.15) is 4.31 Å². The fourth-order valence-corrected chi connectivity index (χ4v) is 3.45. The highest BCUT2D eigenvalue weighted by Crippen LogP contribution is 2.16. The molecule has 20 heavy (non-hydrogen) atoms. The first-order valence-corrected chi connectivity index (χ1v) is 8.20. The van der Waals surface area contributed by atoms with Crippen LogP contribution in [0.2, 0.25) is 0 Å². The fraction of sp³-hybridized carbons (Fsp3) is 0.429. The van der Waals surface area contributed by atoms with E-state index in [2.05, 4.69) is 6.08 Å². The molecule has 0 spiro atoms. The molecule has 1 heterocycles. The molecule has 1 aliphatic heterocycles. The Hall–Kier alpha value is -1.53. The maximum atomic E-state index is 12.2. The van der Waals surface area contributed by atoms with Gasteiger partial charge in [-0.3, -0.25) is 0 Å². The van der Waals surface area contributed by atoms with Crippen molar-refractivity contribution in [3.05, 3.63) is 35.9 Å². The van der Waals surface area contributed by atoms with Crippen molar-refractivity contribution in [2.24, 2.45) is 0 Å². The Bertz CT molecular complexity index is 596. The molecule has 110 valence electrons. The normalized spacial score (nSPS) is 16.8. The van der Waals surface area contributed by atoms with E-state index in [4.69, 9.17) is 10.5 Å². The lowest BCUT2D eigenvalue weighted by Gasteiger charge is -2.25. The number of nitrogens with zero attached hydrogens (tertiary/aromatic N) is 1. The standard InChI is InChI=1S/C14H20N2O3S/c1-12-4-3-7-16(11-12)20(17,18)9-8-19-14-6-2-5-13(15)10-14/h2,4-6,10H,3,7-9,11,15H2,1H3. The van der Waals surface area contributed by atoms with Gasteiger partial charge < -0.3 is 10.5 Å². The zero-order valence-electron chi connectivity index (χ0n) is 11.6. The maximum absolute atomic E-state index is 12.2. The van der Waals surface area contributed by atoms with Crippen molar-refractivity contribution in [3.8, 4) is 5.75 Å². The number of anilines is 1. The number of sulfonamides is 1. The summed E-state index contributed by atoms with van der Waals surface area (Å²) in [5.74, 6) is 0.574. The average Bonchev–Trinajstić information content (AvgIpc) is 2.38. The van der Waals surface area contributed by atoms with Crippen molar-refractivity contribution in [1.29, 1.82) is 0 Å². The van der Waals surface area contributed by atoms with E-state index in [9.17, 15) is 8.42 Å². The van der Waals surface area contributed by atoms with E-state index >= 15 is 0 Å². The third-order valence-electron chi connectivity index (χ3n) is 3.16. The van der Waals surface area contributed by atoms with Crippen molar-refractivity contribution in [2.45, 2.75) is 13.3 Å². The highest BCUT2D eigenvalue weighted by molar-refractivity contribution is 7.89. The van der Waals surface area contributed by atoms with E-state index in [1.165, 1.54) is 4.31 Å². The highest BCUT2D eigenvalue weighted by Gasteiger charge is 2.23. The largest absolute Gasteiger partial charge is 0.492 e. The molecule has 2 N–H and O–H groups in total. The van der Waals surface area contributed by atoms with Crippen molar-refractivity contribution in [1.82, 2.24) is 4.31 Å². The van der Waals surface area contributed by atoms with Crippen LogP contribution in [-0.2, 0) is 10.0 Å². The zero-order valence-corrected chi connectivity index (χ0v) is 12.4. The van der Waals surface area contributed by atoms with Crippen LogP contribution >= 0.6 is 0 Å². The van der Waals surface area contributed by atoms with Gasteiger partial charge in [-0.1, -0.05) is 17.7 Å². The van der Waals surface area contributed by atoms with Crippen LogP contribution in [0.5, 0.6) is 5.75 Å². The van der Waals surface area contributed by atoms with Gasteiger partial charge in [-0.05, 0) is 25.5 Å². The van der Waals surface area contributed by atoms with Crippen LogP contribution < -0.4 is 10.5 Å². The lowest BCUT2D eigenvalue weighted by Crippen LogP contribution is -2.38. The Balaban J connectivity index is 1.88. The fourth-order valence-electron chi connectivity index (χ4n) is 2.11. The van der Waals surface area contributed by atoms with Crippen molar-refractivity contribution in [3.63, 3.8) is 0 Å². The first-order valence-electron chi connectivity index (χ1n) is 6.59. The molecule has 0 saturated heterocycles. The summed E-state index contributed by atoms with van der Waals surface area (Å²) in [4.78, 5) is 0. The monoisotopic (exact) mass is 296 g/mol. The van der Waals surface area contributed by atoms with Gasteiger partial charge in [0.15, 0.2) is 0 Å². The number of ether oxygens (including phenoxy) is 1. The molecule has 0 fully saturated rings. The SMILES string of the molecule is CC1=CCCN(S(=O)(=O)CCOc2cccc(N)c2)C1. The van der Waals surface area contributed by atoms with Gasteiger partial charge in [0.2, 0.25) is 10.0 Å². The predicted octanol–water partition coefficient (Wildman–Crippen LogP) is 1.63.